The number of aromatic nitrogens is 4. The minimum Gasteiger partial charge on any atom is -0.376 e. The summed E-state index contributed by atoms with van der Waals surface area (Å²) in [6.45, 7) is 1.83. The molecule has 0 atom stereocenters. The van der Waals surface area contributed by atoms with Gasteiger partial charge in [0.15, 0.2) is 0 Å². The van der Waals surface area contributed by atoms with Crippen molar-refractivity contribution < 1.29 is 13.6 Å². The lowest BCUT2D eigenvalue weighted by Gasteiger charge is -2.10. The third-order valence-corrected chi connectivity index (χ3v) is 3.39. The fourth-order valence-corrected chi connectivity index (χ4v) is 2.31. The van der Waals surface area contributed by atoms with E-state index < -0.39 is 17.5 Å². The van der Waals surface area contributed by atoms with Gasteiger partial charge in [0.05, 0.1) is 12.2 Å². The number of nitrogens with one attached hydrogen (secondary N) is 2. The van der Waals surface area contributed by atoms with Gasteiger partial charge in [-0.2, -0.15) is 0 Å². The Morgan fingerprint density at radius 1 is 1.12 bits per heavy atom. The number of benzene rings is 2. The van der Waals surface area contributed by atoms with Crippen molar-refractivity contribution in [3.63, 3.8) is 0 Å². The highest BCUT2D eigenvalue weighted by Gasteiger charge is 2.07. The number of aryl methyl sites for hydroxylation is 1. The van der Waals surface area contributed by atoms with Crippen LogP contribution in [0.2, 0.25) is 0 Å². The molecule has 9 heteroatoms. The number of amides is 1. The first-order valence-electron chi connectivity index (χ1n) is 7.35. The first-order valence-corrected chi connectivity index (χ1v) is 7.35. The van der Waals surface area contributed by atoms with E-state index in [9.17, 15) is 13.6 Å². The van der Waals surface area contributed by atoms with E-state index in [0.717, 1.165) is 35.1 Å². The molecule has 0 aliphatic heterocycles. The molecule has 1 aromatic heterocycles. The number of rotatable bonds is 5. The van der Waals surface area contributed by atoms with Crippen molar-refractivity contribution in [3.05, 3.63) is 59.9 Å². The van der Waals surface area contributed by atoms with Crippen LogP contribution in [0.1, 0.15) is 5.56 Å². The molecule has 3 rings (SSSR count). The van der Waals surface area contributed by atoms with Crippen molar-refractivity contribution >= 4 is 17.3 Å². The molecule has 0 aliphatic rings. The van der Waals surface area contributed by atoms with Gasteiger partial charge in [0, 0.05) is 17.4 Å². The molecule has 0 aliphatic carbocycles. The summed E-state index contributed by atoms with van der Waals surface area (Å²) in [6, 6.07) is 8.26. The molecule has 25 heavy (non-hydrogen) atoms. The second-order valence-electron chi connectivity index (χ2n) is 5.32. The van der Waals surface area contributed by atoms with E-state index >= 15 is 0 Å². The van der Waals surface area contributed by atoms with Gasteiger partial charge in [-0.15, -0.1) is 5.10 Å². The normalized spacial score (nSPS) is 10.5. The number of hydrogen-bond acceptors (Lipinski definition) is 5. The molecular weight excluding hydrogens is 330 g/mol. The Morgan fingerprint density at radius 2 is 1.88 bits per heavy atom. The van der Waals surface area contributed by atoms with E-state index in [2.05, 4.69) is 26.2 Å². The summed E-state index contributed by atoms with van der Waals surface area (Å²) in [4.78, 5) is 11.9. The second kappa shape index (κ2) is 7.04. The zero-order valence-corrected chi connectivity index (χ0v) is 13.2. The molecule has 0 fully saturated rings. The van der Waals surface area contributed by atoms with Crippen LogP contribution in [0.25, 0.3) is 5.69 Å². The van der Waals surface area contributed by atoms with Crippen molar-refractivity contribution in [1.29, 1.82) is 0 Å². The number of nitrogens with zero attached hydrogens (tertiary/aromatic N) is 4. The van der Waals surface area contributed by atoms with Gasteiger partial charge in [-0.25, -0.2) is 13.5 Å². The van der Waals surface area contributed by atoms with Gasteiger partial charge >= 0.3 is 0 Å². The zero-order valence-electron chi connectivity index (χ0n) is 13.2. The highest BCUT2D eigenvalue weighted by molar-refractivity contribution is 5.93. The molecule has 2 aromatic carbocycles. The van der Waals surface area contributed by atoms with Gasteiger partial charge in [-0.05, 0) is 53.2 Å². The van der Waals surface area contributed by atoms with E-state index in [1.54, 1.807) is 6.07 Å². The molecule has 1 heterocycles. The molecule has 1 amide bonds. The molecule has 7 nitrogen and oxygen atoms in total. The second-order valence-corrected chi connectivity index (χ2v) is 5.32. The lowest BCUT2D eigenvalue weighted by Crippen LogP contribution is -2.22. The van der Waals surface area contributed by atoms with Crippen LogP contribution >= 0.6 is 0 Å². The van der Waals surface area contributed by atoms with Crippen molar-refractivity contribution in [2.75, 3.05) is 17.2 Å². The number of halogens is 2. The highest BCUT2D eigenvalue weighted by atomic mass is 19.1. The standard InChI is InChI=1S/C16H14F2N6O/c1-10-4-13(2-3-15(10)24-9-20-22-23-24)19-8-16(25)21-14-6-11(17)5-12(18)7-14/h2-7,9,19H,8H2,1H3,(H,21,25). The average molecular weight is 344 g/mol. The van der Waals surface area contributed by atoms with Crippen LogP contribution in [0, 0.1) is 18.6 Å². The molecule has 128 valence electrons. The Labute approximate surface area is 141 Å². The van der Waals surface area contributed by atoms with Crippen molar-refractivity contribution in [2.45, 2.75) is 6.92 Å². The van der Waals surface area contributed by atoms with Crippen LogP contribution in [0.15, 0.2) is 42.7 Å². The van der Waals surface area contributed by atoms with Crippen LogP contribution in [0.5, 0.6) is 0 Å². The maximum atomic E-state index is 13.1. The van der Waals surface area contributed by atoms with E-state index in [1.807, 2.05) is 19.1 Å². The first kappa shape index (κ1) is 16.5. The summed E-state index contributed by atoms with van der Waals surface area (Å²) in [5.41, 5.74) is 2.50. The Morgan fingerprint density at radius 3 is 2.52 bits per heavy atom. The van der Waals surface area contributed by atoms with Crippen LogP contribution in [0.3, 0.4) is 0 Å². The monoisotopic (exact) mass is 344 g/mol. The predicted molar refractivity (Wildman–Crippen MR) is 87.4 cm³/mol. The summed E-state index contributed by atoms with van der Waals surface area (Å²) < 4.78 is 27.7. The van der Waals surface area contributed by atoms with Crippen LogP contribution in [-0.4, -0.2) is 32.7 Å². The number of carbonyl (C=O) groups is 1. The summed E-state index contributed by atoms with van der Waals surface area (Å²) in [7, 11) is 0. The maximum Gasteiger partial charge on any atom is 0.243 e. The van der Waals surface area contributed by atoms with Gasteiger partial charge in [-0.1, -0.05) is 0 Å². The topological polar surface area (TPSA) is 84.7 Å². The van der Waals surface area contributed by atoms with Crippen molar-refractivity contribution in [2.24, 2.45) is 0 Å². The van der Waals surface area contributed by atoms with Crippen LogP contribution < -0.4 is 10.6 Å². The van der Waals surface area contributed by atoms with Crippen LogP contribution in [-0.2, 0) is 4.79 Å². The number of hydrogen-bond donors (Lipinski definition) is 2. The molecule has 0 bridgehead atoms. The predicted octanol–water partition coefficient (Wildman–Crippen LogP) is 2.30. The summed E-state index contributed by atoms with van der Waals surface area (Å²) in [6.07, 6.45) is 1.49. The maximum absolute atomic E-state index is 13.1. The van der Waals surface area contributed by atoms with Gasteiger partial charge < -0.3 is 10.6 Å². The summed E-state index contributed by atoms with van der Waals surface area (Å²) >= 11 is 0. The van der Waals surface area contributed by atoms with Gasteiger partial charge in [0.2, 0.25) is 5.91 Å². The Kier molecular flexibility index (Phi) is 4.64. The van der Waals surface area contributed by atoms with Gasteiger partial charge in [0.1, 0.15) is 18.0 Å². The number of carbonyl (C=O) groups excluding carboxylic acids is 1. The molecular formula is C16H14F2N6O. The van der Waals surface area contributed by atoms with E-state index in [0.29, 0.717) is 0 Å². The lowest BCUT2D eigenvalue weighted by molar-refractivity contribution is -0.114. The largest absolute Gasteiger partial charge is 0.376 e. The molecule has 0 unspecified atom stereocenters. The smallest absolute Gasteiger partial charge is 0.243 e. The van der Waals surface area contributed by atoms with Crippen LogP contribution in [0.4, 0.5) is 20.2 Å². The van der Waals surface area contributed by atoms with Crippen molar-refractivity contribution in [1.82, 2.24) is 20.2 Å². The van der Waals surface area contributed by atoms with Crippen molar-refractivity contribution in [3.8, 4) is 5.69 Å². The molecule has 0 spiro atoms. The quantitative estimate of drug-likeness (QED) is 0.742. The minimum atomic E-state index is -0.753. The zero-order chi connectivity index (χ0) is 17.8. The molecule has 0 saturated heterocycles. The third kappa shape index (κ3) is 4.14. The Balaban J connectivity index is 1.61. The van der Waals surface area contributed by atoms with E-state index in [-0.39, 0.29) is 12.2 Å². The first-order chi connectivity index (χ1) is 12.0. The third-order valence-electron chi connectivity index (χ3n) is 3.39. The fourth-order valence-electron chi connectivity index (χ4n) is 2.31. The summed E-state index contributed by atoms with van der Waals surface area (Å²) in [5.74, 6) is -1.93. The molecule has 0 saturated carbocycles. The average Bonchev–Trinajstić information content (AvgIpc) is 3.06. The molecule has 2 N–H and O–H groups in total. The van der Waals surface area contributed by atoms with Gasteiger partial charge in [0.25, 0.3) is 0 Å². The van der Waals surface area contributed by atoms with Gasteiger partial charge in [-0.3, -0.25) is 4.79 Å². The minimum absolute atomic E-state index is 0.0538. The number of tetrazole rings is 1. The Hall–Kier alpha value is -3.36. The molecule has 0 radical (unpaired) electrons. The lowest BCUT2D eigenvalue weighted by atomic mass is 10.2. The SMILES string of the molecule is Cc1cc(NCC(=O)Nc2cc(F)cc(F)c2)ccc1-n1cnnn1. The highest BCUT2D eigenvalue weighted by Crippen LogP contribution is 2.18. The van der Waals surface area contributed by atoms with E-state index in [4.69, 9.17) is 0 Å². The molecule has 3 aromatic rings. The van der Waals surface area contributed by atoms with E-state index in [1.165, 1.54) is 11.0 Å². The fraction of sp³-hybridized carbons (Fsp3) is 0.125. The summed E-state index contributed by atoms with van der Waals surface area (Å²) in [5, 5.41) is 16.4. The Bertz CT molecular complexity index is 877. The number of anilines is 2.